The predicted molar refractivity (Wildman–Crippen MR) is 61.1 cm³/mol. The number of ether oxygens (including phenoxy) is 1. The van der Waals surface area contributed by atoms with Crippen LogP contribution >= 0.6 is 0 Å². The molecule has 3 N–H and O–H groups in total. The van der Waals surface area contributed by atoms with Gasteiger partial charge in [0.25, 0.3) is 0 Å². The number of nitrogens with zero attached hydrogens (tertiary/aromatic N) is 1. The molecule has 7 heteroatoms. The number of carbonyl (C=O) groups excluding carboxylic acids is 3. The van der Waals surface area contributed by atoms with Crippen molar-refractivity contribution in [2.45, 2.75) is 26.3 Å². The minimum absolute atomic E-state index is 0.0930. The van der Waals surface area contributed by atoms with Crippen molar-refractivity contribution < 1.29 is 19.1 Å². The van der Waals surface area contributed by atoms with Gasteiger partial charge in [-0.3, -0.25) is 19.8 Å². The largest absolute Gasteiger partial charge is 0.468 e. The molecular weight excluding hydrogens is 226 g/mol. The van der Waals surface area contributed by atoms with Gasteiger partial charge in [-0.15, -0.1) is 0 Å². The Morgan fingerprint density at radius 2 is 1.94 bits per heavy atom. The number of imide groups is 1. The van der Waals surface area contributed by atoms with Crippen LogP contribution in [0.15, 0.2) is 0 Å². The number of hydrogen-bond donors (Lipinski definition) is 2. The Morgan fingerprint density at radius 1 is 1.35 bits per heavy atom. The predicted octanol–water partition coefficient (Wildman–Crippen LogP) is -0.545. The number of hydrogen-bond acceptors (Lipinski definition) is 5. The number of amides is 3. The van der Waals surface area contributed by atoms with Gasteiger partial charge in [-0.2, -0.15) is 0 Å². The third kappa shape index (κ3) is 7.29. The van der Waals surface area contributed by atoms with Gasteiger partial charge in [-0.1, -0.05) is 0 Å². The first-order chi connectivity index (χ1) is 7.86. The molecule has 0 heterocycles. The minimum Gasteiger partial charge on any atom is -0.468 e. The maximum absolute atomic E-state index is 11.2. The zero-order chi connectivity index (χ0) is 13.4. The Labute approximate surface area is 100 Å². The topological polar surface area (TPSA) is 102 Å². The lowest BCUT2D eigenvalue weighted by Gasteiger charge is -2.24. The van der Waals surface area contributed by atoms with Gasteiger partial charge < -0.3 is 10.5 Å². The molecule has 0 bridgehead atoms. The molecule has 0 rings (SSSR count). The third-order valence-corrected chi connectivity index (χ3v) is 2.18. The van der Waals surface area contributed by atoms with Gasteiger partial charge in [0, 0.05) is 19.0 Å². The second kappa shape index (κ2) is 7.61. The number of carbonyl (C=O) groups is 3. The lowest BCUT2D eigenvalue weighted by Crippen LogP contribution is -2.41. The lowest BCUT2D eigenvalue weighted by molar-refractivity contribution is -0.142. The summed E-state index contributed by atoms with van der Waals surface area (Å²) in [4.78, 5) is 34.5. The highest BCUT2D eigenvalue weighted by Gasteiger charge is 2.15. The van der Waals surface area contributed by atoms with Crippen LogP contribution in [0.5, 0.6) is 0 Å². The van der Waals surface area contributed by atoms with Crippen LogP contribution in [0.4, 0.5) is 4.79 Å². The van der Waals surface area contributed by atoms with Gasteiger partial charge in [0.05, 0.1) is 13.7 Å². The van der Waals surface area contributed by atoms with Crippen LogP contribution in [-0.4, -0.2) is 49.0 Å². The molecule has 0 aromatic rings. The van der Waals surface area contributed by atoms with E-state index < -0.39 is 11.9 Å². The molecular formula is C10H19N3O4. The Hall–Kier alpha value is -1.63. The Morgan fingerprint density at radius 3 is 2.35 bits per heavy atom. The van der Waals surface area contributed by atoms with E-state index in [4.69, 9.17) is 5.73 Å². The number of methoxy groups -OCH3 is 1. The minimum atomic E-state index is -0.876. The van der Waals surface area contributed by atoms with E-state index in [-0.39, 0.29) is 25.0 Å². The van der Waals surface area contributed by atoms with Gasteiger partial charge in [-0.05, 0) is 13.8 Å². The molecule has 0 spiro atoms. The maximum atomic E-state index is 11.2. The molecule has 0 aromatic carbocycles. The van der Waals surface area contributed by atoms with Crippen molar-refractivity contribution in [1.82, 2.24) is 10.2 Å². The second-order valence-electron chi connectivity index (χ2n) is 3.80. The Kier molecular flexibility index (Phi) is 6.88. The van der Waals surface area contributed by atoms with Crippen LogP contribution in [0, 0.1) is 0 Å². The smallest absolute Gasteiger partial charge is 0.319 e. The van der Waals surface area contributed by atoms with E-state index in [0.717, 1.165) is 0 Å². The maximum Gasteiger partial charge on any atom is 0.319 e. The number of nitrogens with one attached hydrogen (secondary N) is 1. The summed E-state index contributed by atoms with van der Waals surface area (Å²) < 4.78 is 4.55. The first-order valence-corrected chi connectivity index (χ1v) is 5.27. The number of urea groups is 1. The molecule has 0 aliphatic carbocycles. The number of rotatable bonds is 6. The molecule has 0 saturated heterocycles. The van der Waals surface area contributed by atoms with Crippen LogP contribution in [0.25, 0.3) is 0 Å². The molecule has 0 saturated carbocycles. The van der Waals surface area contributed by atoms with Gasteiger partial charge in [-0.25, -0.2) is 4.79 Å². The number of nitrogens with two attached hydrogens (primary N) is 1. The fourth-order valence-electron chi connectivity index (χ4n) is 1.20. The van der Waals surface area contributed by atoms with E-state index in [1.165, 1.54) is 7.11 Å². The van der Waals surface area contributed by atoms with E-state index in [0.29, 0.717) is 6.54 Å². The van der Waals surface area contributed by atoms with Crippen LogP contribution in [0.1, 0.15) is 20.3 Å². The van der Waals surface area contributed by atoms with Crippen molar-refractivity contribution in [2.24, 2.45) is 5.73 Å². The SMILES string of the molecule is COC(=O)CN(CCC(=O)NC(N)=O)C(C)C. The monoisotopic (exact) mass is 245 g/mol. The van der Waals surface area contributed by atoms with Gasteiger partial charge in [0.15, 0.2) is 0 Å². The molecule has 7 nitrogen and oxygen atoms in total. The van der Waals surface area contributed by atoms with E-state index in [9.17, 15) is 14.4 Å². The van der Waals surface area contributed by atoms with Crippen molar-refractivity contribution in [3.05, 3.63) is 0 Å². The third-order valence-electron chi connectivity index (χ3n) is 2.18. The summed E-state index contributed by atoms with van der Waals surface area (Å²) in [5.74, 6) is -0.831. The lowest BCUT2D eigenvalue weighted by atomic mass is 10.2. The summed E-state index contributed by atoms with van der Waals surface area (Å²) in [6.07, 6.45) is 0.0954. The Balaban J connectivity index is 4.13. The average Bonchev–Trinajstić information content (AvgIpc) is 2.22. The molecule has 0 fully saturated rings. The summed E-state index contributed by atoms with van der Waals surface area (Å²) >= 11 is 0. The van der Waals surface area contributed by atoms with Crippen molar-refractivity contribution >= 4 is 17.9 Å². The summed E-state index contributed by atoms with van der Waals surface area (Å²) in [5.41, 5.74) is 4.80. The van der Waals surface area contributed by atoms with E-state index in [1.54, 1.807) is 4.90 Å². The van der Waals surface area contributed by atoms with Crippen molar-refractivity contribution in [2.75, 3.05) is 20.2 Å². The first-order valence-electron chi connectivity index (χ1n) is 5.27. The molecule has 17 heavy (non-hydrogen) atoms. The van der Waals surface area contributed by atoms with Crippen LogP contribution in [0.2, 0.25) is 0 Å². The van der Waals surface area contributed by atoms with Crippen LogP contribution in [-0.2, 0) is 14.3 Å². The first kappa shape index (κ1) is 15.4. The highest BCUT2D eigenvalue weighted by molar-refractivity contribution is 5.93. The highest BCUT2D eigenvalue weighted by Crippen LogP contribution is 2.00. The summed E-state index contributed by atoms with van der Waals surface area (Å²) in [6, 6.07) is -0.783. The molecule has 0 aliphatic rings. The van der Waals surface area contributed by atoms with Gasteiger partial charge in [0.2, 0.25) is 5.91 Å². The van der Waals surface area contributed by atoms with E-state index in [1.807, 2.05) is 19.2 Å². The van der Waals surface area contributed by atoms with Crippen molar-refractivity contribution in [3.8, 4) is 0 Å². The second-order valence-corrected chi connectivity index (χ2v) is 3.80. The van der Waals surface area contributed by atoms with E-state index >= 15 is 0 Å². The van der Waals surface area contributed by atoms with E-state index in [2.05, 4.69) is 4.74 Å². The molecule has 0 aliphatic heterocycles. The van der Waals surface area contributed by atoms with Gasteiger partial charge in [0.1, 0.15) is 0 Å². The molecule has 0 radical (unpaired) electrons. The molecule has 98 valence electrons. The summed E-state index contributed by atoms with van der Waals surface area (Å²) in [5, 5.41) is 1.96. The van der Waals surface area contributed by atoms with Gasteiger partial charge >= 0.3 is 12.0 Å². The highest BCUT2D eigenvalue weighted by atomic mass is 16.5. The molecule has 0 atom stereocenters. The fraction of sp³-hybridized carbons (Fsp3) is 0.700. The van der Waals surface area contributed by atoms with Crippen molar-refractivity contribution in [1.29, 1.82) is 0 Å². The quantitative estimate of drug-likeness (QED) is 0.612. The molecule has 0 aromatic heterocycles. The summed E-state index contributed by atoms with van der Waals surface area (Å²) in [7, 11) is 1.31. The zero-order valence-corrected chi connectivity index (χ0v) is 10.4. The number of primary amides is 1. The normalized spacial score (nSPS) is 10.4. The number of esters is 1. The molecule has 0 unspecified atom stereocenters. The average molecular weight is 245 g/mol. The van der Waals surface area contributed by atoms with Crippen LogP contribution < -0.4 is 11.1 Å². The Bertz CT molecular complexity index is 291. The summed E-state index contributed by atoms with van der Waals surface area (Å²) in [6.45, 7) is 4.26. The fourth-order valence-corrected chi connectivity index (χ4v) is 1.20. The van der Waals surface area contributed by atoms with Crippen LogP contribution in [0.3, 0.4) is 0 Å². The standard InChI is InChI=1S/C10H19N3O4/c1-7(2)13(6-9(15)17-3)5-4-8(14)12-10(11)16/h7H,4-6H2,1-3H3,(H3,11,12,14,16). The van der Waals surface area contributed by atoms with Crippen molar-refractivity contribution in [3.63, 3.8) is 0 Å². The zero-order valence-electron chi connectivity index (χ0n) is 10.4. The molecule has 3 amide bonds.